The van der Waals surface area contributed by atoms with Gasteiger partial charge in [0, 0.05) is 36.8 Å². The Kier molecular flexibility index (Phi) is 4.45. The number of hydrogen-bond donors (Lipinski definition) is 1. The van der Waals surface area contributed by atoms with Crippen LogP contribution in [0.25, 0.3) is 0 Å². The second kappa shape index (κ2) is 5.78. The van der Waals surface area contributed by atoms with Crippen LogP contribution in [0.4, 0.5) is 8.78 Å². The van der Waals surface area contributed by atoms with Gasteiger partial charge in [0.15, 0.2) is 0 Å². The molecule has 1 aliphatic heterocycles. The third-order valence-electron chi connectivity index (χ3n) is 4.24. The van der Waals surface area contributed by atoms with Crippen molar-refractivity contribution in [2.45, 2.75) is 45.8 Å². The minimum Gasteiger partial charge on any atom is -0.311 e. The Morgan fingerprint density at radius 2 is 2.05 bits per heavy atom. The van der Waals surface area contributed by atoms with Crippen LogP contribution in [0.5, 0.6) is 0 Å². The van der Waals surface area contributed by atoms with E-state index in [1.54, 1.807) is 0 Å². The first kappa shape index (κ1) is 15.4. The Morgan fingerprint density at radius 3 is 2.70 bits per heavy atom. The van der Waals surface area contributed by atoms with Crippen molar-refractivity contribution >= 4 is 0 Å². The van der Waals surface area contributed by atoms with Gasteiger partial charge in [0.2, 0.25) is 0 Å². The van der Waals surface area contributed by atoms with Crippen LogP contribution in [-0.2, 0) is 6.54 Å². The molecule has 0 amide bonds. The second-order valence-electron chi connectivity index (χ2n) is 6.66. The molecule has 0 spiro atoms. The van der Waals surface area contributed by atoms with E-state index in [0.29, 0.717) is 24.1 Å². The van der Waals surface area contributed by atoms with Crippen LogP contribution in [0.15, 0.2) is 18.2 Å². The quantitative estimate of drug-likeness (QED) is 0.916. The van der Waals surface area contributed by atoms with Gasteiger partial charge in [-0.25, -0.2) is 8.78 Å². The van der Waals surface area contributed by atoms with Crippen LogP contribution in [-0.4, -0.2) is 29.6 Å². The number of nitrogens with zero attached hydrogens (tertiary/aromatic N) is 1. The maximum Gasteiger partial charge on any atom is 0.127 e. The maximum atomic E-state index is 13.8. The lowest BCUT2D eigenvalue weighted by molar-refractivity contribution is 0.0465. The van der Waals surface area contributed by atoms with Gasteiger partial charge in [-0.2, -0.15) is 0 Å². The van der Waals surface area contributed by atoms with Crippen molar-refractivity contribution in [1.82, 2.24) is 10.2 Å². The molecule has 0 aromatic heterocycles. The highest BCUT2D eigenvalue weighted by atomic mass is 19.1. The largest absolute Gasteiger partial charge is 0.311 e. The molecule has 20 heavy (non-hydrogen) atoms. The SMILES string of the molecule is CC(C)C1CN(Cc2cc(F)ccc2F)C(C)(C)CN1. The molecular formula is C16H24F2N2. The first-order chi connectivity index (χ1) is 9.29. The Labute approximate surface area is 120 Å². The Hall–Kier alpha value is -1.00. The number of hydrogen-bond acceptors (Lipinski definition) is 2. The van der Waals surface area contributed by atoms with E-state index in [4.69, 9.17) is 0 Å². The first-order valence-corrected chi connectivity index (χ1v) is 7.22. The number of halogens is 2. The molecule has 0 radical (unpaired) electrons. The highest BCUT2D eigenvalue weighted by molar-refractivity contribution is 5.19. The fourth-order valence-electron chi connectivity index (χ4n) is 2.64. The molecule has 1 fully saturated rings. The minimum atomic E-state index is -0.380. The normalized spacial score (nSPS) is 23.2. The lowest BCUT2D eigenvalue weighted by Gasteiger charge is -2.47. The fraction of sp³-hybridized carbons (Fsp3) is 0.625. The molecule has 1 N–H and O–H groups in total. The Bertz CT molecular complexity index is 472. The molecule has 1 aromatic rings. The standard InChI is InChI=1S/C16H24F2N2/c1-11(2)15-9-20(16(3,4)10-19-15)8-12-7-13(17)5-6-14(12)18/h5-7,11,15,19H,8-10H2,1-4H3. The summed E-state index contributed by atoms with van der Waals surface area (Å²) in [4.78, 5) is 2.24. The van der Waals surface area contributed by atoms with Crippen molar-refractivity contribution in [3.63, 3.8) is 0 Å². The average molecular weight is 282 g/mol. The minimum absolute atomic E-state index is 0.0653. The van der Waals surface area contributed by atoms with Crippen molar-refractivity contribution in [2.24, 2.45) is 5.92 Å². The van der Waals surface area contributed by atoms with Crippen LogP contribution >= 0.6 is 0 Å². The molecule has 1 aromatic carbocycles. The van der Waals surface area contributed by atoms with Gasteiger partial charge in [0.1, 0.15) is 11.6 Å². The van der Waals surface area contributed by atoms with Gasteiger partial charge in [-0.15, -0.1) is 0 Å². The summed E-state index contributed by atoms with van der Waals surface area (Å²) in [5, 5.41) is 3.54. The van der Waals surface area contributed by atoms with E-state index < -0.39 is 0 Å². The molecule has 1 heterocycles. The molecule has 1 aliphatic rings. The summed E-state index contributed by atoms with van der Waals surface area (Å²) < 4.78 is 27.1. The first-order valence-electron chi connectivity index (χ1n) is 7.22. The summed E-state index contributed by atoms with van der Waals surface area (Å²) in [5.74, 6) is -0.192. The highest BCUT2D eigenvalue weighted by Crippen LogP contribution is 2.24. The zero-order chi connectivity index (χ0) is 14.9. The van der Waals surface area contributed by atoms with Crippen LogP contribution < -0.4 is 5.32 Å². The summed E-state index contributed by atoms with van der Waals surface area (Å²) in [6.45, 7) is 10.8. The van der Waals surface area contributed by atoms with Crippen molar-refractivity contribution in [2.75, 3.05) is 13.1 Å². The zero-order valence-corrected chi connectivity index (χ0v) is 12.7. The van der Waals surface area contributed by atoms with E-state index in [-0.39, 0.29) is 17.2 Å². The predicted octanol–water partition coefficient (Wildman–Crippen LogP) is 3.17. The molecule has 112 valence electrons. The molecule has 4 heteroatoms. The molecule has 2 rings (SSSR count). The molecule has 0 aliphatic carbocycles. The molecule has 1 saturated heterocycles. The summed E-state index contributed by atoms with van der Waals surface area (Å²) in [5.41, 5.74) is 0.368. The summed E-state index contributed by atoms with van der Waals surface area (Å²) in [6, 6.07) is 4.07. The third kappa shape index (κ3) is 3.36. The van der Waals surface area contributed by atoms with Crippen LogP contribution in [0.2, 0.25) is 0 Å². The smallest absolute Gasteiger partial charge is 0.127 e. The fourth-order valence-corrected chi connectivity index (χ4v) is 2.64. The van der Waals surface area contributed by atoms with Crippen molar-refractivity contribution < 1.29 is 8.78 Å². The maximum absolute atomic E-state index is 13.8. The molecule has 1 atom stereocenters. The van der Waals surface area contributed by atoms with Gasteiger partial charge < -0.3 is 5.32 Å². The Balaban J connectivity index is 2.18. The summed E-state index contributed by atoms with van der Waals surface area (Å²) in [6.07, 6.45) is 0. The van der Waals surface area contributed by atoms with E-state index in [9.17, 15) is 8.78 Å². The molecular weight excluding hydrogens is 258 g/mol. The predicted molar refractivity (Wildman–Crippen MR) is 77.5 cm³/mol. The van der Waals surface area contributed by atoms with E-state index in [1.165, 1.54) is 18.2 Å². The summed E-state index contributed by atoms with van der Waals surface area (Å²) in [7, 11) is 0. The molecule has 2 nitrogen and oxygen atoms in total. The molecule has 0 saturated carbocycles. The third-order valence-corrected chi connectivity index (χ3v) is 4.24. The van der Waals surface area contributed by atoms with Crippen LogP contribution in [0, 0.1) is 17.6 Å². The number of benzene rings is 1. The van der Waals surface area contributed by atoms with E-state index in [0.717, 1.165) is 13.1 Å². The van der Waals surface area contributed by atoms with E-state index in [2.05, 4.69) is 37.9 Å². The number of piperazine rings is 1. The van der Waals surface area contributed by atoms with Gasteiger partial charge >= 0.3 is 0 Å². The van der Waals surface area contributed by atoms with Gasteiger partial charge in [0.25, 0.3) is 0 Å². The van der Waals surface area contributed by atoms with Crippen LogP contribution in [0.3, 0.4) is 0 Å². The number of nitrogens with one attached hydrogen (secondary N) is 1. The topological polar surface area (TPSA) is 15.3 Å². The molecule has 0 bridgehead atoms. The summed E-state index contributed by atoms with van der Waals surface area (Å²) >= 11 is 0. The lowest BCUT2D eigenvalue weighted by atomic mass is 9.92. The average Bonchev–Trinajstić information content (AvgIpc) is 2.35. The lowest BCUT2D eigenvalue weighted by Crippen LogP contribution is -2.62. The monoisotopic (exact) mass is 282 g/mol. The molecule has 1 unspecified atom stereocenters. The van der Waals surface area contributed by atoms with Gasteiger partial charge in [-0.3, -0.25) is 4.90 Å². The van der Waals surface area contributed by atoms with Crippen molar-refractivity contribution in [3.8, 4) is 0 Å². The Morgan fingerprint density at radius 1 is 1.35 bits per heavy atom. The van der Waals surface area contributed by atoms with Crippen molar-refractivity contribution in [1.29, 1.82) is 0 Å². The number of rotatable bonds is 3. The van der Waals surface area contributed by atoms with E-state index in [1.807, 2.05) is 0 Å². The van der Waals surface area contributed by atoms with Crippen molar-refractivity contribution in [3.05, 3.63) is 35.4 Å². The van der Waals surface area contributed by atoms with Gasteiger partial charge in [-0.05, 0) is 38.0 Å². The second-order valence-corrected chi connectivity index (χ2v) is 6.66. The van der Waals surface area contributed by atoms with E-state index >= 15 is 0 Å². The van der Waals surface area contributed by atoms with Gasteiger partial charge in [-0.1, -0.05) is 13.8 Å². The highest BCUT2D eigenvalue weighted by Gasteiger charge is 2.35. The van der Waals surface area contributed by atoms with Gasteiger partial charge in [0.05, 0.1) is 0 Å². The van der Waals surface area contributed by atoms with Crippen LogP contribution in [0.1, 0.15) is 33.3 Å². The zero-order valence-electron chi connectivity index (χ0n) is 12.7.